The second kappa shape index (κ2) is 8.68. The normalized spacial score (nSPS) is 19.8. The molecule has 2 aromatic carbocycles. The van der Waals surface area contributed by atoms with Crippen molar-refractivity contribution in [3.8, 4) is 0 Å². The molecule has 2 saturated heterocycles. The summed E-state index contributed by atoms with van der Waals surface area (Å²) < 4.78 is 26.6. The number of nitrogens with zero attached hydrogens (tertiary/aromatic N) is 2. The van der Waals surface area contributed by atoms with Crippen molar-refractivity contribution in [1.29, 1.82) is 0 Å². The molecule has 2 heterocycles. The van der Waals surface area contributed by atoms with Crippen LogP contribution >= 0.6 is 0 Å². The van der Waals surface area contributed by atoms with E-state index in [-0.39, 0.29) is 36.3 Å². The van der Waals surface area contributed by atoms with Crippen LogP contribution in [0.15, 0.2) is 53.4 Å². The quantitative estimate of drug-likeness (QED) is 0.737. The van der Waals surface area contributed by atoms with Gasteiger partial charge in [-0.15, -0.1) is 0 Å². The van der Waals surface area contributed by atoms with Gasteiger partial charge in [0.15, 0.2) is 0 Å². The van der Waals surface area contributed by atoms with E-state index in [1.165, 1.54) is 30.7 Å². The van der Waals surface area contributed by atoms with Crippen molar-refractivity contribution in [2.45, 2.75) is 18.2 Å². The van der Waals surface area contributed by atoms with Crippen LogP contribution in [0.3, 0.4) is 0 Å². The maximum atomic E-state index is 12.7. The summed E-state index contributed by atoms with van der Waals surface area (Å²) >= 11 is 0. The minimum Gasteiger partial charge on any atom is -0.371 e. The van der Waals surface area contributed by atoms with Crippen LogP contribution in [-0.2, 0) is 14.8 Å². The molecule has 0 saturated carbocycles. The topological polar surface area (TPSA) is 98.8 Å². The van der Waals surface area contributed by atoms with Gasteiger partial charge in [0.1, 0.15) is 0 Å². The van der Waals surface area contributed by atoms with Gasteiger partial charge < -0.3 is 15.5 Å². The summed E-state index contributed by atoms with van der Waals surface area (Å²) in [6.07, 6.45) is 1.19. The first-order chi connectivity index (χ1) is 14.8. The van der Waals surface area contributed by atoms with Crippen molar-refractivity contribution < 1.29 is 18.0 Å². The molecule has 31 heavy (non-hydrogen) atoms. The van der Waals surface area contributed by atoms with Crippen molar-refractivity contribution >= 4 is 33.2 Å². The van der Waals surface area contributed by atoms with Gasteiger partial charge in [0.2, 0.25) is 15.9 Å². The number of amides is 2. The summed E-state index contributed by atoms with van der Waals surface area (Å²) in [7, 11) is -3.78. The largest absolute Gasteiger partial charge is 0.371 e. The summed E-state index contributed by atoms with van der Waals surface area (Å²) in [6, 6.07) is 13.5. The monoisotopic (exact) mass is 442 g/mol. The van der Waals surface area contributed by atoms with E-state index in [0.717, 1.165) is 23.1 Å². The molecule has 0 aliphatic carbocycles. The molecule has 1 unspecified atom stereocenters. The van der Waals surface area contributed by atoms with Gasteiger partial charge in [-0.2, -0.15) is 4.31 Å². The second-order valence-corrected chi connectivity index (χ2v) is 9.99. The molecule has 2 aliphatic heterocycles. The average molecular weight is 443 g/mol. The Kier molecular flexibility index (Phi) is 5.97. The number of hydrogen-bond acceptors (Lipinski definition) is 5. The molecular formula is C22H26N4O4S. The third kappa shape index (κ3) is 4.72. The van der Waals surface area contributed by atoms with E-state index >= 15 is 0 Å². The van der Waals surface area contributed by atoms with E-state index < -0.39 is 10.0 Å². The lowest BCUT2D eigenvalue weighted by atomic mass is 10.2. The van der Waals surface area contributed by atoms with E-state index in [1.54, 1.807) is 0 Å². The Morgan fingerprint density at radius 2 is 1.77 bits per heavy atom. The van der Waals surface area contributed by atoms with Crippen molar-refractivity contribution in [2.75, 3.05) is 42.9 Å². The first-order valence-corrected chi connectivity index (χ1v) is 11.8. The number of rotatable bonds is 5. The van der Waals surface area contributed by atoms with Crippen LogP contribution in [0.4, 0.5) is 11.4 Å². The van der Waals surface area contributed by atoms with Gasteiger partial charge >= 0.3 is 0 Å². The number of carbonyl (C=O) groups is 2. The number of nitrogens with one attached hydrogen (secondary N) is 2. The third-order valence-electron chi connectivity index (χ3n) is 5.67. The lowest BCUT2D eigenvalue weighted by Gasteiger charge is -2.25. The highest BCUT2D eigenvalue weighted by molar-refractivity contribution is 7.89. The zero-order valence-corrected chi connectivity index (χ0v) is 18.2. The van der Waals surface area contributed by atoms with Crippen molar-refractivity contribution in [1.82, 2.24) is 9.62 Å². The molecule has 2 amide bonds. The molecule has 0 radical (unpaired) electrons. The SMILES string of the molecule is CC1CCN(c2ccc(NC(=O)c3ccc(S(=O)(=O)N4CCNC(=O)C4)cc3)cc2)C1. The number of hydrogen-bond donors (Lipinski definition) is 2. The summed E-state index contributed by atoms with van der Waals surface area (Å²) in [5.74, 6) is 0.0539. The molecule has 2 aromatic rings. The minimum atomic E-state index is -3.78. The van der Waals surface area contributed by atoms with Gasteiger partial charge in [-0.05, 0) is 60.9 Å². The van der Waals surface area contributed by atoms with Gasteiger partial charge in [0.05, 0.1) is 11.4 Å². The Morgan fingerprint density at radius 3 is 2.39 bits per heavy atom. The van der Waals surface area contributed by atoms with Crippen LogP contribution in [-0.4, -0.2) is 57.3 Å². The fraction of sp³-hybridized carbons (Fsp3) is 0.364. The minimum absolute atomic E-state index is 0.0583. The van der Waals surface area contributed by atoms with E-state index in [4.69, 9.17) is 0 Å². The highest BCUT2D eigenvalue weighted by Gasteiger charge is 2.29. The van der Waals surface area contributed by atoms with Crippen LogP contribution in [0.25, 0.3) is 0 Å². The molecule has 0 spiro atoms. The molecule has 2 aliphatic rings. The van der Waals surface area contributed by atoms with E-state index in [2.05, 4.69) is 22.5 Å². The lowest BCUT2D eigenvalue weighted by Crippen LogP contribution is -2.49. The fourth-order valence-corrected chi connectivity index (χ4v) is 5.27. The smallest absolute Gasteiger partial charge is 0.255 e. The van der Waals surface area contributed by atoms with Crippen LogP contribution in [0.2, 0.25) is 0 Å². The molecule has 2 N–H and O–H groups in total. The summed E-state index contributed by atoms with van der Waals surface area (Å²) in [5.41, 5.74) is 2.17. The predicted molar refractivity (Wildman–Crippen MR) is 119 cm³/mol. The molecule has 2 fully saturated rings. The van der Waals surface area contributed by atoms with Crippen LogP contribution < -0.4 is 15.5 Å². The van der Waals surface area contributed by atoms with Crippen molar-refractivity contribution in [3.05, 3.63) is 54.1 Å². The molecule has 164 valence electrons. The highest BCUT2D eigenvalue weighted by atomic mass is 32.2. The Bertz CT molecular complexity index is 1070. The Labute approximate surface area is 182 Å². The molecule has 8 nitrogen and oxygen atoms in total. The van der Waals surface area contributed by atoms with Gasteiger partial charge in [-0.1, -0.05) is 6.92 Å². The van der Waals surface area contributed by atoms with Crippen LogP contribution in [0.1, 0.15) is 23.7 Å². The molecular weight excluding hydrogens is 416 g/mol. The van der Waals surface area contributed by atoms with Crippen LogP contribution in [0, 0.1) is 5.92 Å². The third-order valence-corrected chi connectivity index (χ3v) is 7.53. The number of benzene rings is 2. The van der Waals surface area contributed by atoms with Crippen molar-refractivity contribution in [2.24, 2.45) is 5.92 Å². The van der Waals surface area contributed by atoms with Gasteiger partial charge in [-0.25, -0.2) is 8.42 Å². The molecule has 0 bridgehead atoms. The standard InChI is InChI=1S/C22H26N4O4S/c1-16-10-12-25(14-16)19-6-4-18(5-7-19)24-22(28)17-2-8-20(9-3-17)31(29,30)26-13-11-23-21(27)15-26/h2-9,16H,10-15H2,1H3,(H,23,27)(H,24,28). The average Bonchev–Trinajstić information content (AvgIpc) is 3.20. The molecule has 1 atom stereocenters. The lowest BCUT2D eigenvalue weighted by molar-refractivity contribution is -0.122. The first kappa shape index (κ1) is 21.3. The van der Waals surface area contributed by atoms with Gasteiger partial charge in [0.25, 0.3) is 5.91 Å². The van der Waals surface area contributed by atoms with E-state index in [9.17, 15) is 18.0 Å². The molecule has 9 heteroatoms. The number of sulfonamides is 1. The number of anilines is 2. The summed E-state index contributed by atoms with van der Waals surface area (Å²) in [5, 5.41) is 5.45. The van der Waals surface area contributed by atoms with E-state index in [1.807, 2.05) is 24.3 Å². The Hall–Kier alpha value is -2.91. The summed E-state index contributed by atoms with van der Waals surface area (Å²) in [6.45, 7) is 4.65. The van der Waals surface area contributed by atoms with E-state index in [0.29, 0.717) is 17.2 Å². The first-order valence-electron chi connectivity index (χ1n) is 10.4. The molecule has 4 rings (SSSR count). The van der Waals surface area contributed by atoms with Gasteiger partial charge in [-0.3, -0.25) is 9.59 Å². The second-order valence-electron chi connectivity index (χ2n) is 8.05. The maximum Gasteiger partial charge on any atom is 0.255 e. The Balaban J connectivity index is 1.41. The maximum absolute atomic E-state index is 12.7. The zero-order chi connectivity index (χ0) is 22.0. The summed E-state index contributed by atoms with van der Waals surface area (Å²) in [4.78, 5) is 26.5. The van der Waals surface area contributed by atoms with Crippen molar-refractivity contribution in [3.63, 3.8) is 0 Å². The fourth-order valence-electron chi connectivity index (χ4n) is 3.88. The number of carbonyl (C=O) groups excluding carboxylic acids is 2. The zero-order valence-electron chi connectivity index (χ0n) is 17.4. The Morgan fingerprint density at radius 1 is 1.06 bits per heavy atom. The highest BCUT2D eigenvalue weighted by Crippen LogP contribution is 2.25. The molecule has 0 aromatic heterocycles. The predicted octanol–water partition coefficient (Wildman–Crippen LogP) is 1.91. The number of piperazine rings is 1. The van der Waals surface area contributed by atoms with Gasteiger partial charge in [0, 0.05) is 43.1 Å². The van der Waals surface area contributed by atoms with Crippen LogP contribution in [0.5, 0.6) is 0 Å².